The summed E-state index contributed by atoms with van der Waals surface area (Å²) in [5, 5.41) is 0. The number of carbonyl (C=O) groups excluding carboxylic acids is 2. The van der Waals surface area contributed by atoms with Crippen molar-refractivity contribution in [3.8, 4) is 0 Å². The van der Waals surface area contributed by atoms with Crippen LogP contribution >= 0.6 is 0 Å². The zero-order valence-corrected chi connectivity index (χ0v) is 15.4. The van der Waals surface area contributed by atoms with E-state index in [1.807, 2.05) is 6.92 Å². The van der Waals surface area contributed by atoms with E-state index < -0.39 is 14.4 Å². The van der Waals surface area contributed by atoms with Crippen LogP contribution in [0.25, 0.3) is 0 Å². The van der Waals surface area contributed by atoms with E-state index in [0.29, 0.717) is 13.2 Å². The molecule has 1 saturated heterocycles. The van der Waals surface area contributed by atoms with Crippen molar-refractivity contribution in [3.63, 3.8) is 0 Å². The molecule has 1 fully saturated rings. The van der Waals surface area contributed by atoms with Crippen LogP contribution in [0, 0.1) is 23.7 Å². The quantitative estimate of drug-likeness (QED) is 0.748. The van der Waals surface area contributed by atoms with Gasteiger partial charge >= 0.3 is 6.09 Å². The molecule has 124 valence electrons. The molecule has 6 heteroatoms. The fourth-order valence-corrected chi connectivity index (χ4v) is 4.23. The lowest BCUT2D eigenvalue weighted by Crippen LogP contribution is -2.45. The van der Waals surface area contributed by atoms with Gasteiger partial charge in [-0.05, 0) is 37.6 Å². The molecular formula is C16H27NO4Si. The fraction of sp³-hybridized carbons (Fsp3) is 0.750. The van der Waals surface area contributed by atoms with Gasteiger partial charge in [-0.25, -0.2) is 9.69 Å². The first-order valence-corrected chi connectivity index (χ1v) is 11.4. The van der Waals surface area contributed by atoms with Gasteiger partial charge in [0.15, 0.2) is 0 Å². The Bertz CT molecular complexity index is 497. The summed E-state index contributed by atoms with van der Waals surface area (Å²) >= 11 is 0. The van der Waals surface area contributed by atoms with E-state index in [-0.39, 0.29) is 29.6 Å². The summed E-state index contributed by atoms with van der Waals surface area (Å²) in [4.78, 5) is 25.6. The Kier molecular flexibility index (Phi) is 4.70. The van der Waals surface area contributed by atoms with E-state index in [9.17, 15) is 9.59 Å². The van der Waals surface area contributed by atoms with Crippen molar-refractivity contribution >= 4 is 20.3 Å². The number of ether oxygens (including phenoxy) is 1. The van der Waals surface area contributed by atoms with E-state index in [0.717, 1.165) is 5.76 Å². The van der Waals surface area contributed by atoms with Gasteiger partial charge < -0.3 is 9.16 Å². The molecule has 0 aromatic carbocycles. The normalized spacial score (nSPS) is 32.5. The Labute approximate surface area is 133 Å². The monoisotopic (exact) mass is 325 g/mol. The fourth-order valence-electron chi connectivity index (χ4n) is 3.27. The molecule has 2 rings (SSSR count). The van der Waals surface area contributed by atoms with Gasteiger partial charge in [-0.15, -0.1) is 0 Å². The van der Waals surface area contributed by atoms with Gasteiger partial charge in [0.2, 0.25) is 14.2 Å². The molecule has 2 amide bonds. The van der Waals surface area contributed by atoms with Crippen molar-refractivity contribution in [1.82, 2.24) is 4.90 Å². The molecule has 0 aromatic heterocycles. The summed E-state index contributed by atoms with van der Waals surface area (Å²) in [6.07, 6.45) is 1.57. The smallest absolute Gasteiger partial charge is 0.416 e. The SMILES string of the molecule is C[C@H]1[C@H](C(=O)N2CCOC2=O)[C@@H](C)C=C(O[Si](C)(C)C)[C@H]1C. The number of hydrogen-bond donors (Lipinski definition) is 0. The zero-order valence-electron chi connectivity index (χ0n) is 14.4. The minimum absolute atomic E-state index is 0.0541. The first kappa shape index (κ1) is 17.1. The highest BCUT2D eigenvalue weighted by molar-refractivity contribution is 6.70. The van der Waals surface area contributed by atoms with Crippen molar-refractivity contribution in [1.29, 1.82) is 0 Å². The Hall–Kier alpha value is -1.30. The summed E-state index contributed by atoms with van der Waals surface area (Å²) in [5.74, 6) is 1.06. The molecule has 1 aliphatic carbocycles. The predicted molar refractivity (Wildman–Crippen MR) is 86.6 cm³/mol. The van der Waals surface area contributed by atoms with Crippen molar-refractivity contribution < 1.29 is 18.8 Å². The maximum atomic E-state index is 12.7. The summed E-state index contributed by atoms with van der Waals surface area (Å²) < 4.78 is 11.1. The lowest BCUT2D eigenvalue weighted by atomic mass is 9.71. The van der Waals surface area contributed by atoms with Crippen molar-refractivity contribution in [3.05, 3.63) is 11.8 Å². The Morgan fingerprint density at radius 3 is 2.45 bits per heavy atom. The Balaban J connectivity index is 2.21. The standard InChI is InChI=1S/C16H27NO4Si/c1-10-9-13(21-22(4,5)6)11(2)12(3)14(10)15(18)17-7-8-20-16(17)19/h9-12,14H,7-8H2,1-6H3/t10-,11-,12+,14+/m0/s1. The zero-order chi connectivity index (χ0) is 16.7. The van der Waals surface area contributed by atoms with E-state index in [2.05, 4.69) is 39.6 Å². The van der Waals surface area contributed by atoms with E-state index >= 15 is 0 Å². The summed E-state index contributed by atoms with van der Waals surface area (Å²) in [6, 6.07) is 0. The first-order valence-electron chi connectivity index (χ1n) is 8.00. The molecule has 0 saturated carbocycles. The van der Waals surface area contributed by atoms with Crippen LogP contribution in [0.2, 0.25) is 19.6 Å². The number of cyclic esters (lactones) is 1. The van der Waals surface area contributed by atoms with Crippen molar-refractivity contribution in [2.45, 2.75) is 40.4 Å². The van der Waals surface area contributed by atoms with Crippen molar-refractivity contribution in [2.24, 2.45) is 23.7 Å². The molecule has 1 heterocycles. The average molecular weight is 325 g/mol. The third-order valence-corrected chi connectivity index (χ3v) is 5.38. The molecule has 2 aliphatic rings. The second kappa shape index (κ2) is 6.06. The maximum Gasteiger partial charge on any atom is 0.416 e. The minimum Gasteiger partial charge on any atom is -0.547 e. The van der Waals surface area contributed by atoms with Crippen LogP contribution in [0.3, 0.4) is 0 Å². The highest BCUT2D eigenvalue weighted by Gasteiger charge is 2.43. The number of amides is 2. The van der Waals surface area contributed by atoms with Crippen LogP contribution in [0.4, 0.5) is 4.79 Å². The van der Waals surface area contributed by atoms with E-state index in [1.54, 1.807) is 0 Å². The van der Waals surface area contributed by atoms with Crippen LogP contribution in [0.1, 0.15) is 20.8 Å². The molecule has 0 bridgehead atoms. The number of hydrogen-bond acceptors (Lipinski definition) is 4. The second-order valence-electron chi connectivity index (χ2n) is 7.42. The number of rotatable bonds is 3. The Morgan fingerprint density at radius 2 is 1.95 bits per heavy atom. The molecule has 4 atom stereocenters. The van der Waals surface area contributed by atoms with Gasteiger partial charge in [0, 0.05) is 11.8 Å². The van der Waals surface area contributed by atoms with Crippen LogP contribution < -0.4 is 0 Å². The van der Waals surface area contributed by atoms with Crippen molar-refractivity contribution in [2.75, 3.05) is 13.2 Å². The van der Waals surface area contributed by atoms with Crippen LogP contribution in [-0.2, 0) is 14.0 Å². The molecule has 0 aromatic rings. The number of allylic oxidation sites excluding steroid dienone is 2. The van der Waals surface area contributed by atoms with Gasteiger partial charge in [-0.1, -0.05) is 20.8 Å². The van der Waals surface area contributed by atoms with E-state index in [4.69, 9.17) is 9.16 Å². The molecule has 5 nitrogen and oxygen atoms in total. The molecule has 0 N–H and O–H groups in total. The first-order chi connectivity index (χ1) is 10.1. The van der Waals surface area contributed by atoms with Crippen LogP contribution in [0.15, 0.2) is 11.8 Å². The lowest BCUT2D eigenvalue weighted by Gasteiger charge is -2.40. The third kappa shape index (κ3) is 3.37. The topological polar surface area (TPSA) is 55.8 Å². The highest BCUT2D eigenvalue weighted by Crippen LogP contribution is 2.40. The van der Waals surface area contributed by atoms with Gasteiger partial charge in [-0.3, -0.25) is 4.79 Å². The van der Waals surface area contributed by atoms with Gasteiger partial charge in [-0.2, -0.15) is 0 Å². The van der Waals surface area contributed by atoms with Gasteiger partial charge in [0.05, 0.1) is 12.3 Å². The summed E-state index contributed by atoms with van der Waals surface area (Å²) in [6.45, 7) is 13.4. The van der Waals surface area contributed by atoms with Gasteiger partial charge in [0.1, 0.15) is 6.61 Å². The molecule has 0 spiro atoms. The lowest BCUT2D eigenvalue weighted by molar-refractivity contribution is -0.136. The summed E-state index contributed by atoms with van der Waals surface area (Å²) in [7, 11) is -1.67. The van der Waals surface area contributed by atoms with Gasteiger partial charge in [0.25, 0.3) is 0 Å². The maximum absolute atomic E-state index is 12.7. The molecule has 0 radical (unpaired) electrons. The average Bonchev–Trinajstić information content (AvgIpc) is 2.80. The summed E-state index contributed by atoms with van der Waals surface area (Å²) in [5.41, 5.74) is 0. The van der Waals surface area contributed by atoms with E-state index in [1.165, 1.54) is 4.90 Å². The predicted octanol–water partition coefficient (Wildman–Crippen LogP) is 3.24. The number of imide groups is 1. The highest BCUT2D eigenvalue weighted by atomic mass is 28.4. The van der Waals surface area contributed by atoms with Crippen LogP contribution in [0.5, 0.6) is 0 Å². The number of nitrogens with zero attached hydrogens (tertiary/aromatic N) is 1. The Morgan fingerprint density at radius 1 is 1.32 bits per heavy atom. The minimum atomic E-state index is -1.67. The third-order valence-electron chi connectivity index (χ3n) is 4.53. The molecule has 22 heavy (non-hydrogen) atoms. The molecule has 0 unspecified atom stereocenters. The van der Waals surface area contributed by atoms with Crippen LogP contribution in [-0.4, -0.2) is 38.4 Å². The number of carbonyl (C=O) groups is 2. The molecule has 1 aliphatic heterocycles. The molecular weight excluding hydrogens is 298 g/mol. The second-order valence-corrected chi connectivity index (χ2v) is 11.8. The largest absolute Gasteiger partial charge is 0.547 e.